The first-order valence-corrected chi connectivity index (χ1v) is 12.9. The molecule has 1 aromatic carbocycles. The molecule has 0 amide bonds. The molecule has 1 aliphatic carbocycles. The van der Waals surface area contributed by atoms with Crippen LogP contribution in [0.5, 0.6) is 0 Å². The fraction of sp³-hybridized carbons (Fsp3) is 0.476. The number of rotatable bonds is 5. The van der Waals surface area contributed by atoms with Crippen LogP contribution in [0.3, 0.4) is 0 Å². The van der Waals surface area contributed by atoms with Crippen LogP contribution in [0, 0.1) is 0 Å². The molecule has 29 heavy (non-hydrogen) atoms. The molecule has 1 saturated carbocycles. The Balaban J connectivity index is 1.34. The van der Waals surface area contributed by atoms with Crippen molar-refractivity contribution in [3.8, 4) is 0 Å². The minimum Gasteiger partial charge on any atom is -0.340 e. The van der Waals surface area contributed by atoms with Crippen LogP contribution >= 0.6 is 0 Å². The summed E-state index contributed by atoms with van der Waals surface area (Å²) in [7, 11) is 0. The van der Waals surface area contributed by atoms with E-state index in [-0.39, 0.29) is 0 Å². The number of aromatic nitrogens is 4. The van der Waals surface area contributed by atoms with E-state index in [1.165, 1.54) is 61.5 Å². The van der Waals surface area contributed by atoms with E-state index in [1.54, 1.807) is 6.33 Å². The Morgan fingerprint density at radius 2 is 1.79 bits per heavy atom. The average molecular weight is 456 g/mol. The van der Waals surface area contributed by atoms with Gasteiger partial charge < -0.3 is 4.98 Å². The third-order valence-electron chi connectivity index (χ3n) is 5.73. The SMILES string of the molecule is c1nc2nc(Nc3ccc(N4CC[Se]CC4)cc3)nc(NC3CCCCC3)c2[nH]1. The molecule has 1 saturated heterocycles. The number of hydrogen-bond acceptors (Lipinski definition) is 6. The zero-order valence-corrected chi connectivity index (χ0v) is 18.2. The number of nitrogens with one attached hydrogen (secondary N) is 3. The van der Waals surface area contributed by atoms with Gasteiger partial charge in [-0.2, -0.15) is 0 Å². The second-order valence-corrected chi connectivity index (χ2v) is 10.3. The third-order valence-corrected chi connectivity index (χ3v) is 7.71. The van der Waals surface area contributed by atoms with Gasteiger partial charge in [0.1, 0.15) is 0 Å². The molecule has 7 nitrogen and oxygen atoms in total. The van der Waals surface area contributed by atoms with Gasteiger partial charge in [0.2, 0.25) is 0 Å². The quantitative estimate of drug-likeness (QED) is 0.500. The van der Waals surface area contributed by atoms with Gasteiger partial charge in [-0.15, -0.1) is 0 Å². The fourth-order valence-electron chi connectivity index (χ4n) is 4.14. The van der Waals surface area contributed by atoms with Gasteiger partial charge in [0, 0.05) is 6.04 Å². The summed E-state index contributed by atoms with van der Waals surface area (Å²) in [6.07, 6.45) is 7.98. The molecule has 2 fully saturated rings. The molecule has 0 atom stereocenters. The van der Waals surface area contributed by atoms with E-state index in [0.29, 0.717) is 17.6 Å². The fourth-order valence-corrected chi connectivity index (χ4v) is 6.03. The Kier molecular flexibility index (Phi) is 5.54. The minimum absolute atomic E-state index is 0.475. The molecule has 152 valence electrons. The van der Waals surface area contributed by atoms with E-state index >= 15 is 0 Å². The van der Waals surface area contributed by atoms with E-state index in [0.717, 1.165) is 32.0 Å². The van der Waals surface area contributed by atoms with Crippen LogP contribution in [-0.2, 0) is 0 Å². The van der Waals surface area contributed by atoms with Crippen LogP contribution in [0.1, 0.15) is 32.1 Å². The summed E-state index contributed by atoms with van der Waals surface area (Å²) in [5.41, 5.74) is 3.86. The molecule has 0 spiro atoms. The summed E-state index contributed by atoms with van der Waals surface area (Å²) >= 11 is 0.837. The van der Waals surface area contributed by atoms with Crippen LogP contribution < -0.4 is 15.5 Å². The van der Waals surface area contributed by atoms with Crippen molar-refractivity contribution in [2.45, 2.75) is 48.8 Å². The molecule has 2 aliphatic rings. The first kappa shape index (κ1) is 18.7. The summed E-state index contributed by atoms with van der Waals surface area (Å²) in [6, 6.07) is 9.08. The normalized spacial score (nSPS) is 18.1. The van der Waals surface area contributed by atoms with Crippen molar-refractivity contribution in [1.29, 1.82) is 0 Å². The van der Waals surface area contributed by atoms with Crippen molar-refractivity contribution >= 4 is 49.3 Å². The van der Waals surface area contributed by atoms with Crippen LogP contribution in [0.15, 0.2) is 30.6 Å². The van der Waals surface area contributed by atoms with Gasteiger partial charge in [-0.05, 0) is 12.8 Å². The Morgan fingerprint density at radius 1 is 1.00 bits per heavy atom. The van der Waals surface area contributed by atoms with Crippen LogP contribution in [0.25, 0.3) is 11.2 Å². The molecule has 3 N–H and O–H groups in total. The molecule has 0 radical (unpaired) electrons. The number of hydrogen-bond donors (Lipinski definition) is 3. The van der Waals surface area contributed by atoms with Gasteiger partial charge in [0.25, 0.3) is 0 Å². The molecule has 1 aliphatic heterocycles. The predicted octanol–water partition coefficient (Wildman–Crippen LogP) is 4.20. The maximum atomic E-state index is 4.76. The predicted molar refractivity (Wildman–Crippen MR) is 119 cm³/mol. The van der Waals surface area contributed by atoms with Crippen molar-refractivity contribution in [2.24, 2.45) is 0 Å². The molecule has 0 bridgehead atoms. The Labute approximate surface area is 177 Å². The Morgan fingerprint density at radius 3 is 2.59 bits per heavy atom. The first-order valence-electron chi connectivity index (χ1n) is 10.5. The zero-order chi connectivity index (χ0) is 19.5. The minimum atomic E-state index is 0.475. The van der Waals surface area contributed by atoms with E-state index < -0.39 is 0 Å². The Hall–Kier alpha value is -2.31. The number of nitrogens with zero attached hydrogens (tertiary/aromatic N) is 4. The van der Waals surface area contributed by atoms with E-state index in [4.69, 9.17) is 4.98 Å². The van der Waals surface area contributed by atoms with Crippen molar-refractivity contribution in [2.75, 3.05) is 28.6 Å². The summed E-state index contributed by atoms with van der Waals surface area (Å²) in [5, 5.41) is 9.68. The van der Waals surface area contributed by atoms with Gasteiger partial charge >= 0.3 is 128 Å². The van der Waals surface area contributed by atoms with E-state index in [9.17, 15) is 0 Å². The molecule has 3 heterocycles. The summed E-state index contributed by atoms with van der Waals surface area (Å²) in [5.74, 6) is 1.42. The zero-order valence-electron chi connectivity index (χ0n) is 16.5. The van der Waals surface area contributed by atoms with E-state index in [2.05, 4.69) is 54.8 Å². The standard InChI is InChI=1S/C21H27N7Se/c1-2-4-15(5-3-1)24-20-18-19(23-14-22-18)26-21(27-20)25-16-6-8-17(9-7-16)28-10-12-29-13-11-28/h6-9,14-15H,1-5,10-13H2,(H3,22,23,24,25,26,27). The molecule has 8 heteroatoms. The van der Waals surface area contributed by atoms with Gasteiger partial charge in [-0.1, -0.05) is 19.3 Å². The number of fused-ring (bicyclic) bond motifs is 1. The number of H-pyrrole nitrogens is 1. The van der Waals surface area contributed by atoms with Gasteiger partial charge in [-0.25, -0.2) is 0 Å². The second-order valence-electron chi connectivity index (χ2n) is 7.75. The Bertz CT molecular complexity index is 943. The molecule has 2 aromatic heterocycles. The summed E-state index contributed by atoms with van der Waals surface area (Å²) in [6.45, 7) is 2.36. The summed E-state index contributed by atoms with van der Waals surface area (Å²) in [4.78, 5) is 19.4. The van der Waals surface area contributed by atoms with Crippen molar-refractivity contribution in [3.63, 3.8) is 0 Å². The smallest absolute Gasteiger partial charge is 0.340 e. The van der Waals surface area contributed by atoms with E-state index in [1.807, 2.05) is 0 Å². The molecule has 5 rings (SSSR count). The monoisotopic (exact) mass is 457 g/mol. The molecular weight excluding hydrogens is 429 g/mol. The van der Waals surface area contributed by atoms with Crippen LogP contribution in [-0.4, -0.2) is 54.0 Å². The number of aromatic amines is 1. The molecule has 0 unspecified atom stereocenters. The van der Waals surface area contributed by atoms with Gasteiger partial charge in [0.15, 0.2) is 0 Å². The van der Waals surface area contributed by atoms with Crippen LogP contribution in [0.4, 0.5) is 23.1 Å². The van der Waals surface area contributed by atoms with Gasteiger partial charge in [-0.3, -0.25) is 0 Å². The number of anilines is 4. The van der Waals surface area contributed by atoms with Crippen molar-refractivity contribution < 1.29 is 0 Å². The third kappa shape index (κ3) is 4.33. The van der Waals surface area contributed by atoms with Crippen LogP contribution in [0.2, 0.25) is 10.6 Å². The molecule has 3 aromatic rings. The van der Waals surface area contributed by atoms with Crippen molar-refractivity contribution in [1.82, 2.24) is 19.9 Å². The number of benzene rings is 1. The number of imidazole rings is 1. The van der Waals surface area contributed by atoms with Gasteiger partial charge in [0.05, 0.1) is 6.33 Å². The van der Waals surface area contributed by atoms with Crippen molar-refractivity contribution in [3.05, 3.63) is 30.6 Å². The summed E-state index contributed by atoms with van der Waals surface area (Å²) < 4.78 is 0. The maximum absolute atomic E-state index is 4.76. The average Bonchev–Trinajstić information content (AvgIpc) is 3.25. The topological polar surface area (TPSA) is 81.8 Å². The second kappa shape index (κ2) is 8.59. The molecular formula is C21H27N7Se. The first-order chi connectivity index (χ1) is 14.3.